The number of hydrogen-bond donors (Lipinski definition) is 1. The lowest BCUT2D eigenvalue weighted by molar-refractivity contribution is 0.379. The predicted octanol–water partition coefficient (Wildman–Crippen LogP) is 1.73. The van der Waals surface area contributed by atoms with Crippen molar-refractivity contribution < 1.29 is 9.13 Å². The number of methoxy groups -OCH3 is 1. The number of nitrogens with zero attached hydrogens (tertiary/aromatic N) is 3. The van der Waals surface area contributed by atoms with Gasteiger partial charge >= 0.3 is 6.01 Å². The van der Waals surface area contributed by atoms with E-state index in [-0.39, 0.29) is 11.8 Å². The molecule has 0 bridgehead atoms. The van der Waals surface area contributed by atoms with E-state index in [2.05, 4.69) is 20.3 Å². The molecule has 17 heavy (non-hydrogen) atoms. The van der Waals surface area contributed by atoms with Gasteiger partial charge in [-0.15, -0.1) is 0 Å². The second kappa shape index (κ2) is 4.73. The van der Waals surface area contributed by atoms with Crippen LogP contribution in [0.5, 0.6) is 6.01 Å². The van der Waals surface area contributed by atoms with Crippen LogP contribution in [0.2, 0.25) is 0 Å². The van der Waals surface area contributed by atoms with E-state index in [1.165, 1.54) is 19.2 Å². The number of nitrogens with one attached hydrogen (secondary N) is 1. The fourth-order valence-electron chi connectivity index (χ4n) is 1.32. The van der Waals surface area contributed by atoms with Crippen LogP contribution in [0, 0.1) is 5.82 Å². The summed E-state index contributed by atoms with van der Waals surface area (Å²) in [5.74, 6) is 0.393. The molecule has 1 aromatic heterocycles. The first-order chi connectivity index (χ1) is 8.22. The molecule has 0 amide bonds. The highest BCUT2D eigenvalue weighted by atomic mass is 19.1. The van der Waals surface area contributed by atoms with Crippen LogP contribution in [-0.4, -0.2) is 29.1 Å². The minimum Gasteiger partial charge on any atom is -0.467 e. The summed E-state index contributed by atoms with van der Waals surface area (Å²) in [6.07, 6.45) is 0. The van der Waals surface area contributed by atoms with Crippen LogP contribution in [-0.2, 0) is 0 Å². The molecule has 2 rings (SSSR count). The van der Waals surface area contributed by atoms with Crippen molar-refractivity contribution in [2.24, 2.45) is 0 Å². The van der Waals surface area contributed by atoms with Crippen molar-refractivity contribution in [3.63, 3.8) is 0 Å². The average molecular weight is 234 g/mol. The molecule has 1 N–H and O–H groups in total. The van der Waals surface area contributed by atoms with Gasteiger partial charge in [0.1, 0.15) is 5.82 Å². The lowest BCUT2D eigenvalue weighted by Crippen LogP contribution is -2.03. The smallest absolute Gasteiger partial charge is 0.321 e. The molecule has 1 heterocycles. The van der Waals surface area contributed by atoms with Crippen LogP contribution in [0.4, 0.5) is 10.3 Å². The number of anilines is 1. The molecular weight excluding hydrogens is 223 g/mol. The zero-order valence-corrected chi connectivity index (χ0v) is 9.44. The second-order valence-electron chi connectivity index (χ2n) is 3.23. The maximum Gasteiger partial charge on any atom is 0.321 e. The monoisotopic (exact) mass is 234 g/mol. The van der Waals surface area contributed by atoms with Gasteiger partial charge in [-0.2, -0.15) is 15.0 Å². The van der Waals surface area contributed by atoms with E-state index in [9.17, 15) is 4.39 Å². The molecule has 88 valence electrons. The topological polar surface area (TPSA) is 59.9 Å². The number of halogens is 1. The molecule has 2 aromatic rings. The van der Waals surface area contributed by atoms with Crippen LogP contribution in [0.15, 0.2) is 24.3 Å². The zero-order chi connectivity index (χ0) is 12.3. The van der Waals surface area contributed by atoms with Gasteiger partial charge in [0.25, 0.3) is 0 Å². The predicted molar refractivity (Wildman–Crippen MR) is 61.3 cm³/mol. The third-order valence-corrected chi connectivity index (χ3v) is 2.10. The molecule has 0 unspecified atom stereocenters. The highest BCUT2D eigenvalue weighted by molar-refractivity contribution is 5.56. The van der Waals surface area contributed by atoms with Gasteiger partial charge in [-0.05, 0) is 12.1 Å². The maximum atomic E-state index is 13.1. The first-order valence-corrected chi connectivity index (χ1v) is 4.96. The molecular formula is C11H11FN4O. The van der Waals surface area contributed by atoms with Crippen molar-refractivity contribution in [1.82, 2.24) is 15.0 Å². The highest BCUT2D eigenvalue weighted by Crippen LogP contribution is 2.19. The Labute approximate surface area is 97.7 Å². The van der Waals surface area contributed by atoms with Crippen molar-refractivity contribution in [3.8, 4) is 17.4 Å². The van der Waals surface area contributed by atoms with Gasteiger partial charge in [-0.1, -0.05) is 12.1 Å². The van der Waals surface area contributed by atoms with Crippen molar-refractivity contribution in [3.05, 3.63) is 30.1 Å². The summed E-state index contributed by atoms with van der Waals surface area (Å²) in [5, 5.41) is 2.79. The molecule has 0 aliphatic carbocycles. The highest BCUT2D eigenvalue weighted by Gasteiger charge is 2.08. The van der Waals surface area contributed by atoms with Crippen molar-refractivity contribution in [1.29, 1.82) is 0 Å². The zero-order valence-electron chi connectivity index (χ0n) is 9.44. The average Bonchev–Trinajstić information content (AvgIpc) is 2.38. The summed E-state index contributed by atoms with van der Waals surface area (Å²) < 4.78 is 18.1. The normalized spacial score (nSPS) is 10.1. The van der Waals surface area contributed by atoms with Crippen molar-refractivity contribution in [2.45, 2.75) is 0 Å². The van der Waals surface area contributed by atoms with Gasteiger partial charge in [-0.25, -0.2) is 4.39 Å². The standard InChI is InChI=1S/C11H11FN4O/c1-13-10-14-9(15-11(16-10)17-2)7-4-3-5-8(12)6-7/h3-6H,1-2H3,(H,13,14,15,16). The van der Waals surface area contributed by atoms with Crippen LogP contribution in [0.25, 0.3) is 11.4 Å². The van der Waals surface area contributed by atoms with E-state index >= 15 is 0 Å². The molecule has 0 aliphatic rings. The molecule has 0 fully saturated rings. The molecule has 5 nitrogen and oxygen atoms in total. The van der Waals surface area contributed by atoms with E-state index in [0.29, 0.717) is 17.3 Å². The van der Waals surface area contributed by atoms with Gasteiger partial charge in [-0.3, -0.25) is 0 Å². The summed E-state index contributed by atoms with van der Waals surface area (Å²) >= 11 is 0. The van der Waals surface area contributed by atoms with Crippen molar-refractivity contribution >= 4 is 5.95 Å². The number of benzene rings is 1. The van der Waals surface area contributed by atoms with E-state index in [1.54, 1.807) is 19.2 Å². The Hall–Kier alpha value is -2.24. The van der Waals surface area contributed by atoms with E-state index in [4.69, 9.17) is 4.74 Å². The summed E-state index contributed by atoms with van der Waals surface area (Å²) in [4.78, 5) is 12.2. The van der Waals surface area contributed by atoms with Gasteiger partial charge in [0, 0.05) is 12.6 Å². The van der Waals surface area contributed by atoms with E-state index in [1.807, 2.05) is 0 Å². The third-order valence-electron chi connectivity index (χ3n) is 2.10. The lowest BCUT2D eigenvalue weighted by Gasteiger charge is -2.05. The lowest BCUT2D eigenvalue weighted by atomic mass is 10.2. The minimum atomic E-state index is -0.340. The summed E-state index contributed by atoms with van der Waals surface area (Å²) in [5.41, 5.74) is 0.571. The van der Waals surface area contributed by atoms with Crippen molar-refractivity contribution in [2.75, 3.05) is 19.5 Å². The summed E-state index contributed by atoms with van der Waals surface area (Å²) in [6, 6.07) is 6.22. The van der Waals surface area contributed by atoms with Gasteiger partial charge < -0.3 is 10.1 Å². The first-order valence-electron chi connectivity index (χ1n) is 4.96. The SMILES string of the molecule is CNc1nc(OC)nc(-c2cccc(F)c2)n1. The number of ether oxygens (including phenoxy) is 1. The molecule has 0 saturated carbocycles. The van der Waals surface area contributed by atoms with Crippen LogP contribution in [0.3, 0.4) is 0 Å². The quantitative estimate of drug-likeness (QED) is 0.876. The van der Waals surface area contributed by atoms with Gasteiger partial charge in [0.05, 0.1) is 7.11 Å². The fourth-order valence-corrected chi connectivity index (χ4v) is 1.32. The first kappa shape index (κ1) is 11.3. The molecule has 0 aliphatic heterocycles. The van der Waals surface area contributed by atoms with Crippen LogP contribution in [0.1, 0.15) is 0 Å². The number of hydrogen-bond acceptors (Lipinski definition) is 5. The molecule has 6 heteroatoms. The molecule has 0 spiro atoms. The number of rotatable bonds is 3. The summed E-state index contributed by atoms with van der Waals surface area (Å²) in [7, 11) is 3.15. The van der Waals surface area contributed by atoms with Gasteiger partial charge in [0.15, 0.2) is 5.82 Å². The molecule has 0 radical (unpaired) electrons. The fraction of sp³-hybridized carbons (Fsp3) is 0.182. The Morgan fingerprint density at radius 3 is 2.71 bits per heavy atom. The second-order valence-corrected chi connectivity index (χ2v) is 3.23. The Morgan fingerprint density at radius 1 is 1.24 bits per heavy atom. The van der Waals surface area contributed by atoms with Crippen LogP contribution >= 0.6 is 0 Å². The molecule has 1 aromatic carbocycles. The third kappa shape index (κ3) is 2.47. The van der Waals surface area contributed by atoms with Gasteiger partial charge in [0.2, 0.25) is 5.95 Å². The Kier molecular flexibility index (Phi) is 3.13. The molecule has 0 saturated heterocycles. The Morgan fingerprint density at radius 2 is 2.06 bits per heavy atom. The van der Waals surface area contributed by atoms with E-state index in [0.717, 1.165) is 0 Å². The molecule has 0 atom stereocenters. The largest absolute Gasteiger partial charge is 0.467 e. The number of aromatic nitrogens is 3. The Balaban J connectivity index is 2.50. The maximum absolute atomic E-state index is 13.1. The Bertz CT molecular complexity index is 510. The minimum absolute atomic E-state index is 0.184. The summed E-state index contributed by atoms with van der Waals surface area (Å²) in [6.45, 7) is 0. The van der Waals surface area contributed by atoms with Crippen LogP contribution < -0.4 is 10.1 Å². The van der Waals surface area contributed by atoms with E-state index < -0.39 is 0 Å².